The van der Waals surface area contributed by atoms with Crippen LogP contribution in [0.2, 0.25) is 0 Å². The smallest absolute Gasteiger partial charge is 0.0577 e. The first-order chi connectivity index (χ1) is 15.9. The number of hydrogen-bond acceptors (Lipinski definition) is 0. The van der Waals surface area contributed by atoms with Gasteiger partial charge in [0.2, 0.25) is 0 Å². The first kappa shape index (κ1) is 24.3. The molecule has 0 spiro atoms. The zero-order valence-corrected chi connectivity index (χ0v) is 22.8. The lowest BCUT2D eigenvalue weighted by Crippen LogP contribution is -2.45. The van der Waals surface area contributed by atoms with Crippen molar-refractivity contribution in [2.45, 2.75) is 74.7 Å². The Hall–Kier alpha value is -2.86. The fourth-order valence-electron chi connectivity index (χ4n) is 6.70. The number of aryl methyl sites for hydroxylation is 6. The summed E-state index contributed by atoms with van der Waals surface area (Å²) in [6.45, 7) is 22.8. The van der Waals surface area contributed by atoms with Gasteiger partial charge in [-0.25, -0.2) is 0 Å². The van der Waals surface area contributed by atoms with E-state index in [0.717, 1.165) is 0 Å². The van der Waals surface area contributed by atoms with E-state index in [0.29, 0.717) is 0 Å². The molecule has 176 valence electrons. The Labute approximate surface area is 207 Å². The summed E-state index contributed by atoms with van der Waals surface area (Å²) in [6, 6.07) is 21.5. The predicted octanol–water partition coefficient (Wildman–Crippen LogP) is 9.17. The van der Waals surface area contributed by atoms with Crippen LogP contribution in [0.25, 0.3) is 0 Å². The highest BCUT2D eigenvalue weighted by atomic mass is 14.6. The summed E-state index contributed by atoms with van der Waals surface area (Å²) in [4.78, 5) is 0. The van der Waals surface area contributed by atoms with Gasteiger partial charge in [-0.2, -0.15) is 0 Å². The Kier molecular flexibility index (Phi) is 6.01. The lowest BCUT2D eigenvalue weighted by atomic mass is 9.52. The Balaban J connectivity index is 2.31. The summed E-state index contributed by atoms with van der Waals surface area (Å²) in [7, 11) is 0. The van der Waals surface area contributed by atoms with Crippen LogP contribution in [0, 0.1) is 47.0 Å². The van der Waals surface area contributed by atoms with Crippen LogP contribution in [-0.4, -0.2) is 0 Å². The number of benzene rings is 3. The van der Waals surface area contributed by atoms with E-state index in [1.165, 1.54) is 66.8 Å². The van der Waals surface area contributed by atoms with Crippen molar-refractivity contribution in [3.63, 3.8) is 0 Å². The van der Waals surface area contributed by atoms with Gasteiger partial charge in [-0.05, 0) is 84.6 Å². The van der Waals surface area contributed by atoms with Gasteiger partial charge in [0.05, 0.1) is 5.41 Å². The topological polar surface area (TPSA) is 0 Å². The van der Waals surface area contributed by atoms with Gasteiger partial charge in [-0.15, -0.1) is 0 Å². The highest BCUT2D eigenvalue weighted by Gasteiger charge is 2.54. The van der Waals surface area contributed by atoms with Crippen LogP contribution in [-0.2, 0) is 5.41 Å². The minimum atomic E-state index is -0.361. The molecule has 0 amide bonds. The van der Waals surface area contributed by atoms with Crippen LogP contribution in [0.1, 0.15) is 77.8 Å². The lowest BCUT2D eigenvalue weighted by molar-refractivity contribution is 0.348. The molecule has 0 nitrogen and oxygen atoms in total. The van der Waals surface area contributed by atoms with Crippen molar-refractivity contribution in [2.24, 2.45) is 5.41 Å². The molecule has 1 aliphatic carbocycles. The Morgan fingerprint density at radius 1 is 0.471 bits per heavy atom. The van der Waals surface area contributed by atoms with Gasteiger partial charge in [-0.3, -0.25) is 0 Å². The second-order valence-corrected chi connectivity index (χ2v) is 11.2. The Bertz CT molecular complexity index is 1160. The van der Waals surface area contributed by atoms with E-state index in [-0.39, 0.29) is 10.8 Å². The third-order valence-corrected chi connectivity index (χ3v) is 8.18. The molecule has 0 aromatic heterocycles. The third kappa shape index (κ3) is 3.68. The van der Waals surface area contributed by atoms with E-state index >= 15 is 0 Å². The molecule has 3 aromatic rings. The predicted molar refractivity (Wildman–Crippen MR) is 148 cm³/mol. The molecule has 34 heavy (non-hydrogen) atoms. The number of allylic oxidation sites excluding steroid dienone is 4. The summed E-state index contributed by atoms with van der Waals surface area (Å²) in [5.74, 6) is 0. The summed E-state index contributed by atoms with van der Waals surface area (Å²) in [6.07, 6.45) is 2.55. The third-order valence-electron chi connectivity index (χ3n) is 8.18. The summed E-state index contributed by atoms with van der Waals surface area (Å²) in [5.41, 5.74) is 15.7. The molecule has 0 saturated carbocycles. The molecule has 1 aliphatic rings. The van der Waals surface area contributed by atoms with Gasteiger partial charge in [0, 0.05) is 5.41 Å². The van der Waals surface area contributed by atoms with Crippen LogP contribution < -0.4 is 0 Å². The first-order valence-electron chi connectivity index (χ1n) is 12.5. The fraction of sp³-hybridized carbons (Fsp3) is 0.353. The van der Waals surface area contributed by atoms with Crippen molar-refractivity contribution in [3.05, 3.63) is 127 Å². The van der Waals surface area contributed by atoms with E-state index in [1.54, 1.807) is 0 Å². The molecular formula is C34H40. The molecule has 4 rings (SSSR count). The standard InChI is InChI=1S/C34H40/c1-21-11-22(2)15-30(14-21)34(31-16-23(3)12-24(4)17-31,32-18-25(5)13-26(6)19-32)33(10)20-27(7)28(8)29(33)9/h11-20H,1-10H3. The molecule has 0 heteroatoms. The van der Waals surface area contributed by atoms with Crippen molar-refractivity contribution in [1.82, 2.24) is 0 Å². The number of rotatable bonds is 4. The Morgan fingerprint density at radius 2 is 0.765 bits per heavy atom. The van der Waals surface area contributed by atoms with E-state index in [2.05, 4.69) is 130 Å². The molecule has 0 fully saturated rings. The second kappa shape index (κ2) is 8.42. The highest BCUT2D eigenvalue weighted by Crippen LogP contribution is 2.60. The molecule has 0 heterocycles. The van der Waals surface area contributed by atoms with Gasteiger partial charge < -0.3 is 0 Å². The van der Waals surface area contributed by atoms with Crippen molar-refractivity contribution < 1.29 is 0 Å². The van der Waals surface area contributed by atoms with Crippen LogP contribution in [0.15, 0.2) is 77.4 Å². The van der Waals surface area contributed by atoms with Crippen molar-refractivity contribution >= 4 is 0 Å². The van der Waals surface area contributed by atoms with Crippen LogP contribution >= 0.6 is 0 Å². The van der Waals surface area contributed by atoms with Crippen LogP contribution in [0.3, 0.4) is 0 Å². The Morgan fingerprint density at radius 3 is 1.00 bits per heavy atom. The molecular weight excluding hydrogens is 408 g/mol. The zero-order chi connectivity index (χ0) is 25.0. The zero-order valence-electron chi connectivity index (χ0n) is 22.8. The maximum atomic E-state index is 2.55. The maximum Gasteiger partial charge on any atom is 0.0577 e. The normalized spacial score (nSPS) is 18.5. The summed E-state index contributed by atoms with van der Waals surface area (Å²) in [5, 5.41) is 0. The minimum Gasteiger partial charge on any atom is -0.0698 e. The highest BCUT2D eigenvalue weighted by molar-refractivity contribution is 5.63. The van der Waals surface area contributed by atoms with Gasteiger partial charge in [0.15, 0.2) is 0 Å². The number of hydrogen-bond donors (Lipinski definition) is 0. The van der Waals surface area contributed by atoms with Gasteiger partial charge >= 0.3 is 0 Å². The minimum absolute atomic E-state index is 0.206. The lowest BCUT2D eigenvalue weighted by Gasteiger charge is -2.49. The second-order valence-electron chi connectivity index (χ2n) is 11.2. The van der Waals surface area contributed by atoms with E-state index in [4.69, 9.17) is 0 Å². The average Bonchev–Trinajstić information content (AvgIpc) is 2.90. The molecule has 0 saturated heterocycles. The maximum absolute atomic E-state index is 2.55. The molecule has 0 aliphatic heterocycles. The fourth-order valence-corrected chi connectivity index (χ4v) is 6.70. The quantitative estimate of drug-likeness (QED) is 0.349. The van der Waals surface area contributed by atoms with E-state index in [1.807, 2.05) is 0 Å². The molecule has 3 aromatic carbocycles. The van der Waals surface area contributed by atoms with Gasteiger partial charge in [-0.1, -0.05) is 112 Å². The van der Waals surface area contributed by atoms with E-state index < -0.39 is 0 Å². The monoisotopic (exact) mass is 448 g/mol. The largest absolute Gasteiger partial charge is 0.0698 e. The summed E-state index contributed by atoms with van der Waals surface area (Å²) >= 11 is 0. The molecule has 0 bridgehead atoms. The van der Waals surface area contributed by atoms with Gasteiger partial charge in [0.25, 0.3) is 0 Å². The van der Waals surface area contributed by atoms with E-state index in [9.17, 15) is 0 Å². The van der Waals surface area contributed by atoms with Crippen LogP contribution in [0.5, 0.6) is 0 Å². The van der Waals surface area contributed by atoms with Crippen molar-refractivity contribution in [1.29, 1.82) is 0 Å². The SMILES string of the molecule is CC1=CC(C)(C(c2cc(C)cc(C)c2)(c2cc(C)cc(C)c2)c2cc(C)cc(C)c2)C(C)=C1C. The molecule has 1 atom stereocenters. The van der Waals surface area contributed by atoms with Crippen molar-refractivity contribution in [2.75, 3.05) is 0 Å². The van der Waals surface area contributed by atoms with Gasteiger partial charge in [0.1, 0.15) is 0 Å². The first-order valence-corrected chi connectivity index (χ1v) is 12.5. The molecule has 0 radical (unpaired) electrons. The van der Waals surface area contributed by atoms with Crippen LogP contribution in [0.4, 0.5) is 0 Å². The van der Waals surface area contributed by atoms with Crippen molar-refractivity contribution in [3.8, 4) is 0 Å². The molecule has 0 N–H and O–H groups in total. The molecule has 1 unspecified atom stereocenters. The average molecular weight is 449 g/mol. The summed E-state index contributed by atoms with van der Waals surface area (Å²) < 4.78 is 0.